The lowest BCUT2D eigenvalue weighted by molar-refractivity contribution is -0.142. The lowest BCUT2D eigenvalue weighted by Gasteiger charge is -2.43. The monoisotopic (exact) mass is 455 g/mol. The Morgan fingerprint density at radius 2 is 1.56 bits per heavy atom. The zero-order chi connectivity index (χ0) is 23.8. The van der Waals surface area contributed by atoms with Crippen LogP contribution in [0.1, 0.15) is 42.9 Å². The number of amides is 1. The molecule has 0 N–H and O–H groups in total. The number of rotatable bonds is 5. The van der Waals surface area contributed by atoms with E-state index in [0.29, 0.717) is 23.3 Å². The van der Waals surface area contributed by atoms with Gasteiger partial charge in [0.05, 0.1) is 16.9 Å². The van der Waals surface area contributed by atoms with Crippen LogP contribution < -0.4 is 5.56 Å². The topological polar surface area (TPSA) is 55.2 Å². The molecule has 0 aliphatic carbocycles. The maximum Gasteiger partial charge on any atom is 0.262 e. The Morgan fingerprint density at radius 1 is 0.882 bits per heavy atom. The van der Waals surface area contributed by atoms with Crippen LogP contribution in [-0.2, 0) is 17.8 Å². The molecular formula is C28H26FN3O2. The van der Waals surface area contributed by atoms with Gasteiger partial charge in [-0.25, -0.2) is 9.37 Å². The molecule has 3 aromatic carbocycles. The van der Waals surface area contributed by atoms with Crippen LogP contribution >= 0.6 is 0 Å². The Hall–Kier alpha value is -3.80. The van der Waals surface area contributed by atoms with Gasteiger partial charge in [0.2, 0.25) is 5.91 Å². The zero-order valence-corrected chi connectivity index (χ0v) is 19.2. The molecule has 0 saturated heterocycles. The molecule has 2 atom stereocenters. The first-order valence-corrected chi connectivity index (χ1v) is 11.5. The molecule has 5 nitrogen and oxygen atoms in total. The molecule has 0 fully saturated rings. The van der Waals surface area contributed by atoms with E-state index in [-0.39, 0.29) is 35.7 Å². The normalized spacial score (nSPS) is 17.9. The zero-order valence-electron chi connectivity index (χ0n) is 19.2. The van der Waals surface area contributed by atoms with Gasteiger partial charge in [0.25, 0.3) is 5.56 Å². The van der Waals surface area contributed by atoms with Gasteiger partial charge in [0.1, 0.15) is 17.7 Å². The molecule has 172 valence electrons. The summed E-state index contributed by atoms with van der Waals surface area (Å²) in [4.78, 5) is 34.5. The predicted octanol–water partition coefficient (Wildman–Crippen LogP) is 5.06. The quantitative estimate of drug-likeness (QED) is 0.423. The van der Waals surface area contributed by atoms with Crippen molar-refractivity contribution in [2.45, 2.75) is 38.9 Å². The summed E-state index contributed by atoms with van der Waals surface area (Å²) in [5.41, 5.74) is 2.21. The molecule has 1 aliphatic rings. The smallest absolute Gasteiger partial charge is 0.262 e. The Labute approximate surface area is 197 Å². The number of carbonyl (C=O) groups excluding carboxylic acids is 1. The van der Waals surface area contributed by atoms with E-state index in [4.69, 9.17) is 4.98 Å². The number of para-hydroxylation sites is 1. The number of benzene rings is 3. The van der Waals surface area contributed by atoms with E-state index in [0.717, 1.165) is 11.1 Å². The van der Waals surface area contributed by atoms with Crippen molar-refractivity contribution in [2.75, 3.05) is 0 Å². The van der Waals surface area contributed by atoms with Crippen LogP contribution in [0, 0.1) is 11.7 Å². The SMILES string of the molecule is CC(C)[C@H]1c2nc3ccccc3c(=O)n2[C@H](Cc2ccc(F)cc2)C(=O)N1Cc1ccccc1. The minimum atomic E-state index is -0.760. The first kappa shape index (κ1) is 22.0. The molecule has 1 amide bonds. The third-order valence-corrected chi connectivity index (χ3v) is 6.48. The third kappa shape index (κ3) is 3.89. The van der Waals surface area contributed by atoms with E-state index in [1.165, 1.54) is 12.1 Å². The molecule has 4 aromatic rings. The Kier molecular flexibility index (Phi) is 5.74. The molecule has 6 heteroatoms. The van der Waals surface area contributed by atoms with Gasteiger partial charge in [0.15, 0.2) is 0 Å². The first-order valence-electron chi connectivity index (χ1n) is 11.5. The van der Waals surface area contributed by atoms with Gasteiger partial charge < -0.3 is 4.90 Å². The molecule has 0 bridgehead atoms. The number of fused-ring (bicyclic) bond motifs is 2. The summed E-state index contributed by atoms with van der Waals surface area (Å²) in [6, 6.07) is 22.1. The van der Waals surface area contributed by atoms with E-state index in [9.17, 15) is 14.0 Å². The van der Waals surface area contributed by atoms with E-state index in [1.54, 1.807) is 28.8 Å². The van der Waals surface area contributed by atoms with Gasteiger partial charge in [-0.3, -0.25) is 14.2 Å². The highest BCUT2D eigenvalue weighted by atomic mass is 19.1. The van der Waals surface area contributed by atoms with Crippen LogP contribution in [0.15, 0.2) is 83.7 Å². The molecule has 0 radical (unpaired) electrons. The molecule has 0 spiro atoms. The Bertz CT molecular complexity index is 1400. The van der Waals surface area contributed by atoms with Crippen LogP contribution in [0.2, 0.25) is 0 Å². The largest absolute Gasteiger partial charge is 0.326 e. The average molecular weight is 456 g/mol. The predicted molar refractivity (Wildman–Crippen MR) is 130 cm³/mol. The fourth-order valence-corrected chi connectivity index (χ4v) is 4.89. The number of hydrogen-bond acceptors (Lipinski definition) is 3. The van der Waals surface area contributed by atoms with Crippen molar-refractivity contribution in [1.82, 2.24) is 14.5 Å². The minimum Gasteiger partial charge on any atom is -0.326 e. The number of nitrogens with zero attached hydrogens (tertiary/aromatic N) is 3. The van der Waals surface area contributed by atoms with E-state index in [1.807, 2.05) is 61.2 Å². The minimum absolute atomic E-state index is 0.0405. The second-order valence-corrected chi connectivity index (χ2v) is 9.15. The van der Waals surface area contributed by atoms with Crippen molar-refractivity contribution in [3.05, 3.63) is 112 Å². The fraction of sp³-hybridized carbons (Fsp3) is 0.250. The molecule has 0 unspecified atom stereocenters. The number of carbonyl (C=O) groups is 1. The average Bonchev–Trinajstić information content (AvgIpc) is 2.83. The molecule has 34 heavy (non-hydrogen) atoms. The van der Waals surface area contributed by atoms with E-state index in [2.05, 4.69) is 0 Å². The molecular weight excluding hydrogens is 429 g/mol. The molecule has 5 rings (SSSR count). The summed E-state index contributed by atoms with van der Waals surface area (Å²) in [5.74, 6) is 0.174. The van der Waals surface area contributed by atoms with Crippen molar-refractivity contribution < 1.29 is 9.18 Å². The standard InChI is InChI=1S/C28H26FN3O2/c1-18(2)25-26-30-23-11-7-6-10-22(23)27(33)32(26)24(16-19-12-14-21(29)15-13-19)28(34)31(25)17-20-8-4-3-5-9-20/h3-15,18,24-25H,16-17H2,1-2H3/t24-,25+/m1/s1. The third-order valence-electron chi connectivity index (χ3n) is 6.48. The van der Waals surface area contributed by atoms with E-state index >= 15 is 0 Å². The summed E-state index contributed by atoms with van der Waals surface area (Å²) < 4.78 is 15.1. The summed E-state index contributed by atoms with van der Waals surface area (Å²) in [5, 5.41) is 0.488. The van der Waals surface area contributed by atoms with Crippen molar-refractivity contribution in [3.63, 3.8) is 0 Å². The van der Waals surface area contributed by atoms with Crippen LogP contribution in [0.4, 0.5) is 4.39 Å². The van der Waals surface area contributed by atoms with Crippen molar-refractivity contribution in [2.24, 2.45) is 5.92 Å². The van der Waals surface area contributed by atoms with Crippen molar-refractivity contribution in [1.29, 1.82) is 0 Å². The summed E-state index contributed by atoms with van der Waals surface area (Å²) in [6.07, 6.45) is 0.280. The second kappa shape index (κ2) is 8.86. The van der Waals surface area contributed by atoms with Crippen LogP contribution in [0.25, 0.3) is 10.9 Å². The van der Waals surface area contributed by atoms with E-state index < -0.39 is 6.04 Å². The Morgan fingerprint density at radius 3 is 2.26 bits per heavy atom. The highest BCUT2D eigenvalue weighted by Crippen LogP contribution is 2.37. The van der Waals surface area contributed by atoms with Crippen molar-refractivity contribution in [3.8, 4) is 0 Å². The lowest BCUT2D eigenvalue weighted by Crippen LogP contribution is -2.51. The first-order chi connectivity index (χ1) is 16.4. The van der Waals surface area contributed by atoms with Gasteiger partial charge in [0, 0.05) is 13.0 Å². The van der Waals surface area contributed by atoms with Crippen molar-refractivity contribution >= 4 is 16.8 Å². The molecule has 1 aromatic heterocycles. The van der Waals surface area contributed by atoms with Crippen LogP contribution in [0.5, 0.6) is 0 Å². The summed E-state index contributed by atoms with van der Waals surface area (Å²) >= 11 is 0. The number of hydrogen-bond donors (Lipinski definition) is 0. The summed E-state index contributed by atoms with van der Waals surface area (Å²) in [6.45, 7) is 4.51. The van der Waals surface area contributed by atoms with Gasteiger partial charge in [-0.1, -0.05) is 68.4 Å². The second-order valence-electron chi connectivity index (χ2n) is 9.15. The molecule has 1 aliphatic heterocycles. The van der Waals surface area contributed by atoms with Crippen LogP contribution in [-0.4, -0.2) is 20.4 Å². The van der Waals surface area contributed by atoms with Gasteiger partial charge >= 0.3 is 0 Å². The molecule has 0 saturated carbocycles. The van der Waals surface area contributed by atoms with Gasteiger partial charge in [-0.2, -0.15) is 0 Å². The number of aromatic nitrogens is 2. The Balaban J connectivity index is 1.71. The lowest BCUT2D eigenvalue weighted by atomic mass is 9.93. The number of halogens is 1. The van der Waals surface area contributed by atoms with Gasteiger partial charge in [-0.15, -0.1) is 0 Å². The highest BCUT2D eigenvalue weighted by Gasteiger charge is 2.42. The maximum atomic E-state index is 14.0. The molecule has 2 heterocycles. The van der Waals surface area contributed by atoms with Gasteiger partial charge in [-0.05, 0) is 41.3 Å². The maximum absolute atomic E-state index is 14.0. The van der Waals surface area contributed by atoms with Crippen LogP contribution in [0.3, 0.4) is 0 Å². The summed E-state index contributed by atoms with van der Waals surface area (Å²) in [7, 11) is 0. The fourth-order valence-electron chi connectivity index (χ4n) is 4.89. The highest BCUT2D eigenvalue weighted by molar-refractivity contribution is 5.84.